The Morgan fingerprint density at radius 1 is 1.11 bits per heavy atom. The number of pyridine rings is 1. The van der Waals surface area contributed by atoms with Gasteiger partial charge in [0, 0.05) is 10.3 Å². The molecule has 3 heteroatoms. The predicted octanol–water partition coefficient (Wildman–Crippen LogP) is 4.48. The van der Waals surface area contributed by atoms with Crippen LogP contribution in [0.2, 0.25) is 0 Å². The van der Waals surface area contributed by atoms with Gasteiger partial charge in [0.25, 0.3) is 0 Å². The Hall–Kier alpha value is -2.13. The molecule has 3 rings (SSSR count). The lowest BCUT2D eigenvalue weighted by molar-refractivity contribution is 0.480. The SMILES string of the molecule is Cc1ccsc1C=Cc1ccc2cccc(O)c2n1. The highest BCUT2D eigenvalue weighted by atomic mass is 32.1. The molecule has 0 saturated heterocycles. The Balaban J connectivity index is 2.00. The van der Waals surface area contributed by atoms with Crippen LogP contribution in [0.5, 0.6) is 5.75 Å². The van der Waals surface area contributed by atoms with E-state index in [9.17, 15) is 5.11 Å². The van der Waals surface area contributed by atoms with Crippen LogP contribution in [-0.4, -0.2) is 10.1 Å². The van der Waals surface area contributed by atoms with Crippen molar-refractivity contribution in [2.75, 3.05) is 0 Å². The van der Waals surface area contributed by atoms with Crippen molar-refractivity contribution in [3.05, 3.63) is 57.9 Å². The van der Waals surface area contributed by atoms with Crippen LogP contribution in [-0.2, 0) is 0 Å². The summed E-state index contributed by atoms with van der Waals surface area (Å²) in [5.74, 6) is 0.222. The summed E-state index contributed by atoms with van der Waals surface area (Å²) in [4.78, 5) is 5.71. The number of aromatic hydroxyl groups is 1. The van der Waals surface area contributed by atoms with Gasteiger partial charge in [-0.3, -0.25) is 0 Å². The van der Waals surface area contributed by atoms with Crippen LogP contribution in [0, 0.1) is 6.92 Å². The Morgan fingerprint density at radius 2 is 2.00 bits per heavy atom. The van der Waals surface area contributed by atoms with E-state index >= 15 is 0 Å². The molecule has 0 radical (unpaired) electrons. The van der Waals surface area contributed by atoms with Crippen LogP contribution in [0.1, 0.15) is 16.1 Å². The number of hydrogen-bond acceptors (Lipinski definition) is 3. The Kier molecular flexibility index (Phi) is 3.05. The molecule has 94 valence electrons. The third kappa shape index (κ3) is 2.37. The second kappa shape index (κ2) is 4.86. The number of aryl methyl sites for hydroxylation is 1. The van der Waals surface area contributed by atoms with E-state index in [-0.39, 0.29) is 5.75 Å². The molecule has 2 heterocycles. The van der Waals surface area contributed by atoms with Gasteiger partial charge in [-0.15, -0.1) is 11.3 Å². The van der Waals surface area contributed by atoms with E-state index in [0.29, 0.717) is 5.52 Å². The minimum Gasteiger partial charge on any atom is -0.506 e. The first-order valence-electron chi connectivity index (χ1n) is 6.05. The van der Waals surface area contributed by atoms with Crippen LogP contribution in [0.15, 0.2) is 41.8 Å². The summed E-state index contributed by atoms with van der Waals surface area (Å²) in [6, 6.07) is 11.5. The van der Waals surface area contributed by atoms with Crippen LogP contribution < -0.4 is 0 Å². The van der Waals surface area contributed by atoms with E-state index in [1.165, 1.54) is 10.4 Å². The first-order chi connectivity index (χ1) is 9.24. The average Bonchev–Trinajstić information content (AvgIpc) is 2.83. The Labute approximate surface area is 115 Å². The predicted molar refractivity (Wildman–Crippen MR) is 81.4 cm³/mol. The van der Waals surface area contributed by atoms with E-state index in [1.807, 2.05) is 30.3 Å². The molecule has 2 nitrogen and oxygen atoms in total. The van der Waals surface area contributed by atoms with Crippen LogP contribution >= 0.6 is 11.3 Å². The molecule has 19 heavy (non-hydrogen) atoms. The van der Waals surface area contributed by atoms with Gasteiger partial charge in [-0.1, -0.05) is 18.2 Å². The summed E-state index contributed by atoms with van der Waals surface area (Å²) in [5, 5.41) is 12.8. The molecule has 1 aromatic carbocycles. The molecule has 0 saturated carbocycles. The number of phenols is 1. The molecule has 0 spiro atoms. The van der Waals surface area contributed by atoms with Crippen molar-refractivity contribution >= 4 is 34.4 Å². The number of fused-ring (bicyclic) bond motifs is 1. The highest BCUT2D eigenvalue weighted by Gasteiger charge is 2.01. The van der Waals surface area contributed by atoms with Crippen molar-refractivity contribution < 1.29 is 5.11 Å². The van der Waals surface area contributed by atoms with Gasteiger partial charge in [-0.05, 0) is 48.2 Å². The number of hydrogen-bond donors (Lipinski definition) is 1. The molecular formula is C16H13NOS. The van der Waals surface area contributed by atoms with Crippen LogP contribution in [0.3, 0.4) is 0 Å². The number of para-hydroxylation sites is 1. The van der Waals surface area contributed by atoms with Crippen molar-refractivity contribution in [3.63, 3.8) is 0 Å². The molecule has 0 amide bonds. The maximum absolute atomic E-state index is 9.81. The average molecular weight is 267 g/mol. The fourth-order valence-electron chi connectivity index (χ4n) is 1.96. The van der Waals surface area contributed by atoms with Gasteiger partial charge in [0.2, 0.25) is 0 Å². The van der Waals surface area contributed by atoms with Gasteiger partial charge in [0.15, 0.2) is 0 Å². The fourth-order valence-corrected chi connectivity index (χ4v) is 2.77. The Bertz CT molecular complexity index is 758. The smallest absolute Gasteiger partial charge is 0.141 e. The fraction of sp³-hybridized carbons (Fsp3) is 0.0625. The van der Waals surface area contributed by atoms with Gasteiger partial charge in [0.05, 0.1) is 5.69 Å². The zero-order chi connectivity index (χ0) is 13.2. The van der Waals surface area contributed by atoms with Crippen molar-refractivity contribution in [1.82, 2.24) is 4.98 Å². The molecule has 3 aromatic rings. The molecular weight excluding hydrogens is 254 g/mol. The monoisotopic (exact) mass is 267 g/mol. The second-order valence-electron chi connectivity index (χ2n) is 4.39. The van der Waals surface area contributed by atoms with E-state index in [1.54, 1.807) is 17.4 Å². The molecule has 2 aromatic heterocycles. The number of phenolic OH excluding ortho intramolecular Hbond substituents is 1. The molecule has 1 N–H and O–H groups in total. The van der Waals surface area contributed by atoms with E-state index < -0.39 is 0 Å². The van der Waals surface area contributed by atoms with Crippen LogP contribution in [0.25, 0.3) is 23.1 Å². The number of aromatic nitrogens is 1. The van der Waals surface area contributed by atoms with Gasteiger partial charge in [-0.25, -0.2) is 4.98 Å². The van der Waals surface area contributed by atoms with Crippen LogP contribution in [0.4, 0.5) is 0 Å². The maximum atomic E-state index is 9.81. The number of rotatable bonds is 2. The second-order valence-corrected chi connectivity index (χ2v) is 5.33. The zero-order valence-electron chi connectivity index (χ0n) is 10.5. The molecule has 0 aliphatic rings. The number of nitrogens with zero attached hydrogens (tertiary/aromatic N) is 1. The third-order valence-electron chi connectivity index (χ3n) is 3.03. The van der Waals surface area contributed by atoms with E-state index in [0.717, 1.165) is 11.1 Å². The van der Waals surface area contributed by atoms with Gasteiger partial charge in [-0.2, -0.15) is 0 Å². The van der Waals surface area contributed by atoms with E-state index in [4.69, 9.17) is 0 Å². The molecule has 0 aliphatic carbocycles. The van der Waals surface area contributed by atoms with Crippen molar-refractivity contribution in [2.45, 2.75) is 6.92 Å². The molecule has 0 atom stereocenters. The molecule has 0 bridgehead atoms. The molecule has 0 aliphatic heterocycles. The molecule has 0 unspecified atom stereocenters. The number of benzene rings is 1. The lowest BCUT2D eigenvalue weighted by Gasteiger charge is -2.01. The van der Waals surface area contributed by atoms with Gasteiger partial charge < -0.3 is 5.11 Å². The minimum atomic E-state index is 0.222. The topological polar surface area (TPSA) is 33.1 Å². The Morgan fingerprint density at radius 3 is 2.79 bits per heavy atom. The van der Waals surface area contributed by atoms with E-state index in [2.05, 4.69) is 29.4 Å². The highest BCUT2D eigenvalue weighted by Crippen LogP contribution is 2.23. The maximum Gasteiger partial charge on any atom is 0.141 e. The quantitative estimate of drug-likeness (QED) is 0.742. The summed E-state index contributed by atoms with van der Waals surface area (Å²) < 4.78 is 0. The van der Waals surface area contributed by atoms with Crippen molar-refractivity contribution in [2.24, 2.45) is 0 Å². The van der Waals surface area contributed by atoms with Gasteiger partial charge >= 0.3 is 0 Å². The lowest BCUT2D eigenvalue weighted by Crippen LogP contribution is -1.83. The van der Waals surface area contributed by atoms with Crippen molar-refractivity contribution in [1.29, 1.82) is 0 Å². The highest BCUT2D eigenvalue weighted by molar-refractivity contribution is 7.11. The first kappa shape index (κ1) is 11.9. The standard InChI is InChI=1S/C16H13NOS/c1-11-9-10-19-15(11)8-7-13-6-5-12-3-2-4-14(18)16(12)17-13/h2-10,18H,1H3. The largest absolute Gasteiger partial charge is 0.506 e. The summed E-state index contributed by atoms with van der Waals surface area (Å²) in [6.07, 6.45) is 4.04. The minimum absolute atomic E-state index is 0.222. The summed E-state index contributed by atoms with van der Waals surface area (Å²) in [7, 11) is 0. The normalized spacial score (nSPS) is 11.4. The zero-order valence-corrected chi connectivity index (χ0v) is 11.3. The number of thiophene rings is 1. The first-order valence-corrected chi connectivity index (χ1v) is 6.93. The van der Waals surface area contributed by atoms with Gasteiger partial charge in [0.1, 0.15) is 11.3 Å². The summed E-state index contributed by atoms with van der Waals surface area (Å²) in [5.41, 5.74) is 2.76. The third-order valence-corrected chi connectivity index (χ3v) is 4.01. The van der Waals surface area contributed by atoms with Crippen molar-refractivity contribution in [3.8, 4) is 5.75 Å². The molecule has 0 fully saturated rings. The summed E-state index contributed by atoms with van der Waals surface area (Å²) >= 11 is 1.71. The summed E-state index contributed by atoms with van der Waals surface area (Å²) in [6.45, 7) is 2.09. The lowest BCUT2D eigenvalue weighted by atomic mass is 10.2.